The molecule has 0 amide bonds. The van der Waals surface area contributed by atoms with Gasteiger partial charge in [0.2, 0.25) is 11.7 Å². The highest BCUT2D eigenvalue weighted by Crippen LogP contribution is 2.33. The van der Waals surface area contributed by atoms with Crippen LogP contribution in [0.5, 0.6) is 0 Å². The Balaban J connectivity index is 2.09. The van der Waals surface area contributed by atoms with Gasteiger partial charge in [-0.15, -0.1) is 5.10 Å². The van der Waals surface area contributed by atoms with E-state index in [2.05, 4.69) is 22.2 Å². The molecule has 1 aromatic rings. The summed E-state index contributed by atoms with van der Waals surface area (Å²) in [4.78, 5) is 4.05. The number of hydrogen-bond donors (Lipinski definition) is 2. The monoisotopic (exact) mass is 237 g/mol. The first-order chi connectivity index (χ1) is 8.24. The minimum atomic E-state index is -0.0356. The first-order valence-electron chi connectivity index (χ1n) is 6.13. The van der Waals surface area contributed by atoms with Crippen LogP contribution in [0.1, 0.15) is 50.9 Å². The van der Waals surface area contributed by atoms with Crippen molar-refractivity contribution in [2.24, 2.45) is 16.8 Å². The van der Waals surface area contributed by atoms with Crippen molar-refractivity contribution in [3.05, 3.63) is 12.2 Å². The number of nitrogens with two attached hydrogens (primary N) is 1. The van der Waals surface area contributed by atoms with Gasteiger partial charge >= 0.3 is 0 Å². The molecule has 6 nitrogen and oxygen atoms in total. The molecule has 0 bridgehead atoms. The molecular weight excluding hydrogens is 218 g/mol. The molecule has 1 saturated carbocycles. The Labute approximate surface area is 101 Å². The van der Waals surface area contributed by atoms with Gasteiger partial charge in [-0.2, -0.15) is 0 Å². The number of oxime groups is 1. The van der Waals surface area contributed by atoms with Gasteiger partial charge in [-0.25, -0.2) is 9.67 Å². The quantitative estimate of drug-likeness (QED) is 0.361. The van der Waals surface area contributed by atoms with Gasteiger partial charge in [0.25, 0.3) is 0 Å². The van der Waals surface area contributed by atoms with Gasteiger partial charge in [0.1, 0.15) is 6.33 Å². The first kappa shape index (κ1) is 11.9. The van der Waals surface area contributed by atoms with Crippen molar-refractivity contribution < 1.29 is 5.21 Å². The van der Waals surface area contributed by atoms with Crippen LogP contribution in [0.3, 0.4) is 0 Å². The van der Waals surface area contributed by atoms with E-state index in [1.807, 2.05) is 4.68 Å². The van der Waals surface area contributed by atoms with Crippen LogP contribution in [-0.4, -0.2) is 25.8 Å². The minimum absolute atomic E-state index is 0.0356. The molecule has 94 valence electrons. The van der Waals surface area contributed by atoms with Crippen LogP contribution >= 0.6 is 0 Å². The van der Waals surface area contributed by atoms with Crippen molar-refractivity contribution in [2.45, 2.75) is 45.1 Å². The lowest BCUT2D eigenvalue weighted by molar-refractivity contribution is 0.247. The van der Waals surface area contributed by atoms with E-state index in [-0.39, 0.29) is 5.84 Å². The zero-order valence-corrected chi connectivity index (χ0v) is 10.1. The molecule has 1 fully saturated rings. The third kappa shape index (κ3) is 2.57. The average molecular weight is 237 g/mol. The van der Waals surface area contributed by atoms with Crippen molar-refractivity contribution in [3.8, 4) is 0 Å². The Kier molecular flexibility index (Phi) is 3.61. The molecule has 2 rings (SSSR count). The molecule has 1 aromatic heterocycles. The third-order valence-corrected chi connectivity index (χ3v) is 3.55. The molecule has 1 aliphatic rings. The van der Waals surface area contributed by atoms with Crippen molar-refractivity contribution in [1.82, 2.24) is 14.8 Å². The highest BCUT2D eigenvalue weighted by atomic mass is 16.4. The second-order valence-corrected chi connectivity index (χ2v) is 4.63. The second kappa shape index (κ2) is 5.16. The van der Waals surface area contributed by atoms with Crippen molar-refractivity contribution in [1.29, 1.82) is 0 Å². The van der Waals surface area contributed by atoms with Crippen LogP contribution in [-0.2, 0) is 0 Å². The van der Waals surface area contributed by atoms with Crippen LogP contribution in [0.25, 0.3) is 0 Å². The minimum Gasteiger partial charge on any atom is -0.409 e. The SMILES string of the molecule is CCC1CCCC(n2cnc(C(N)=NO)n2)C1. The molecule has 2 atom stereocenters. The molecule has 1 heterocycles. The standard InChI is InChI=1S/C11H19N5O/c1-2-8-4-3-5-9(6-8)16-7-13-11(14-16)10(12)15-17/h7-9,17H,2-6H2,1H3,(H2,12,15). The fourth-order valence-corrected chi connectivity index (χ4v) is 2.49. The van der Waals surface area contributed by atoms with E-state index in [4.69, 9.17) is 10.9 Å². The molecule has 0 aromatic carbocycles. The van der Waals surface area contributed by atoms with E-state index >= 15 is 0 Å². The van der Waals surface area contributed by atoms with Crippen LogP contribution in [0, 0.1) is 5.92 Å². The summed E-state index contributed by atoms with van der Waals surface area (Å²) in [6.07, 6.45) is 7.73. The summed E-state index contributed by atoms with van der Waals surface area (Å²) in [7, 11) is 0. The van der Waals surface area contributed by atoms with Crippen molar-refractivity contribution in [3.63, 3.8) is 0 Å². The van der Waals surface area contributed by atoms with Gasteiger partial charge in [-0.05, 0) is 18.8 Å². The van der Waals surface area contributed by atoms with Gasteiger partial charge < -0.3 is 10.9 Å². The van der Waals surface area contributed by atoms with Crippen LogP contribution in [0.2, 0.25) is 0 Å². The Morgan fingerprint density at radius 1 is 1.65 bits per heavy atom. The average Bonchev–Trinajstić information content (AvgIpc) is 2.87. The summed E-state index contributed by atoms with van der Waals surface area (Å²) in [5.74, 6) is 1.04. The maximum absolute atomic E-state index is 8.56. The summed E-state index contributed by atoms with van der Waals surface area (Å²) < 4.78 is 1.86. The number of nitrogens with zero attached hydrogens (tertiary/aromatic N) is 4. The summed E-state index contributed by atoms with van der Waals surface area (Å²) in [5, 5.41) is 15.7. The smallest absolute Gasteiger partial charge is 0.219 e. The molecule has 3 N–H and O–H groups in total. The summed E-state index contributed by atoms with van der Waals surface area (Å²) in [6, 6.07) is 0.404. The van der Waals surface area contributed by atoms with E-state index < -0.39 is 0 Å². The predicted molar refractivity (Wildman–Crippen MR) is 63.8 cm³/mol. The number of aromatic nitrogens is 3. The van der Waals surface area contributed by atoms with Crippen LogP contribution in [0.4, 0.5) is 0 Å². The largest absolute Gasteiger partial charge is 0.409 e. The summed E-state index contributed by atoms with van der Waals surface area (Å²) in [6.45, 7) is 2.23. The molecule has 0 radical (unpaired) electrons. The maximum Gasteiger partial charge on any atom is 0.219 e. The lowest BCUT2D eigenvalue weighted by Gasteiger charge is -2.28. The number of hydrogen-bond acceptors (Lipinski definition) is 4. The Morgan fingerprint density at radius 2 is 2.47 bits per heavy atom. The molecule has 0 aliphatic heterocycles. The zero-order chi connectivity index (χ0) is 12.3. The predicted octanol–water partition coefficient (Wildman–Crippen LogP) is 1.51. The lowest BCUT2D eigenvalue weighted by Crippen LogP contribution is -2.20. The van der Waals surface area contributed by atoms with Crippen LogP contribution < -0.4 is 5.73 Å². The molecule has 0 saturated heterocycles. The third-order valence-electron chi connectivity index (χ3n) is 3.55. The highest BCUT2D eigenvalue weighted by Gasteiger charge is 2.23. The van der Waals surface area contributed by atoms with Crippen molar-refractivity contribution in [2.75, 3.05) is 0 Å². The van der Waals surface area contributed by atoms with E-state index in [1.54, 1.807) is 6.33 Å². The van der Waals surface area contributed by atoms with E-state index in [9.17, 15) is 0 Å². The molecule has 2 unspecified atom stereocenters. The number of amidine groups is 1. The summed E-state index contributed by atoms with van der Waals surface area (Å²) in [5.41, 5.74) is 5.45. The zero-order valence-electron chi connectivity index (χ0n) is 10.1. The molecule has 17 heavy (non-hydrogen) atoms. The van der Waals surface area contributed by atoms with E-state index in [1.165, 1.54) is 19.3 Å². The lowest BCUT2D eigenvalue weighted by atomic mass is 9.84. The van der Waals surface area contributed by atoms with Crippen LogP contribution in [0.15, 0.2) is 11.5 Å². The van der Waals surface area contributed by atoms with Gasteiger partial charge in [0.05, 0.1) is 6.04 Å². The van der Waals surface area contributed by atoms with E-state index in [0.29, 0.717) is 11.9 Å². The van der Waals surface area contributed by atoms with Gasteiger partial charge in [0.15, 0.2) is 0 Å². The first-order valence-corrected chi connectivity index (χ1v) is 6.13. The Morgan fingerprint density at radius 3 is 3.18 bits per heavy atom. The molecular formula is C11H19N5O. The van der Waals surface area contributed by atoms with Gasteiger partial charge in [-0.1, -0.05) is 31.3 Å². The Hall–Kier alpha value is -1.59. The normalized spacial score (nSPS) is 26.1. The van der Waals surface area contributed by atoms with Crippen molar-refractivity contribution >= 4 is 5.84 Å². The maximum atomic E-state index is 8.56. The van der Waals surface area contributed by atoms with E-state index in [0.717, 1.165) is 18.8 Å². The van der Waals surface area contributed by atoms with Gasteiger partial charge in [-0.3, -0.25) is 0 Å². The molecule has 0 spiro atoms. The highest BCUT2D eigenvalue weighted by molar-refractivity contribution is 5.93. The fourth-order valence-electron chi connectivity index (χ4n) is 2.49. The Bertz CT molecular complexity index is 400. The topological polar surface area (TPSA) is 89.3 Å². The number of rotatable bonds is 3. The summed E-state index contributed by atoms with van der Waals surface area (Å²) >= 11 is 0. The molecule has 1 aliphatic carbocycles. The van der Waals surface area contributed by atoms with Gasteiger partial charge in [0, 0.05) is 0 Å². The molecule has 6 heteroatoms. The fraction of sp³-hybridized carbons (Fsp3) is 0.727. The second-order valence-electron chi connectivity index (χ2n) is 4.63.